The zero-order valence-electron chi connectivity index (χ0n) is 12.8. The number of hydrogen-bond acceptors (Lipinski definition) is 6. The highest BCUT2D eigenvalue weighted by Crippen LogP contribution is 2.17. The molecule has 118 valence electrons. The van der Waals surface area contributed by atoms with Crippen LogP contribution in [-0.4, -0.2) is 38.8 Å². The molecule has 0 radical (unpaired) electrons. The molecule has 8 heteroatoms. The molecule has 0 aliphatic carbocycles. The number of anilines is 2. The molecule has 0 amide bonds. The van der Waals surface area contributed by atoms with Crippen LogP contribution in [0.5, 0.6) is 0 Å². The van der Waals surface area contributed by atoms with Crippen LogP contribution in [0.2, 0.25) is 0 Å². The van der Waals surface area contributed by atoms with E-state index in [-0.39, 0.29) is 5.82 Å². The topological polar surface area (TPSA) is 71.8 Å². The lowest BCUT2D eigenvalue weighted by molar-refractivity contribution is 0.612. The Bertz CT molecular complexity index is 786. The monoisotopic (exact) mass is 313 g/mol. The van der Waals surface area contributed by atoms with Crippen LogP contribution in [0, 0.1) is 5.82 Å². The van der Waals surface area contributed by atoms with Gasteiger partial charge in [-0.1, -0.05) is 18.2 Å². The predicted octanol–water partition coefficient (Wildman–Crippen LogP) is 1.87. The summed E-state index contributed by atoms with van der Waals surface area (Å²) in [6, 6.07) is 7.79. The maximum Gasteiger partial charge on any atom is 0.225 e. The molecule has 0 bridgehead atoms. The van der Waals surface area contributed by atoms with E-state index in [4.69, 9.17) is 0 Å². The molecular formula is C15H16FN7. The highest BCUT2D eigenvalue weighted by atomic mass is 19.1. The van der Waals surface area contributed by atoms with Gasteiger partial charge in [0.2, 0.25) is 5.95 Å². The number of benzene rings is 1. The zero-order valence-corrected chi connectivity index (χ0v) is 12.8. The number of halogens is 1. The van der Waals surface area contributed by atoms with Gasteiger partial charge in [0.25, 0.3) is 0 Å². The van der Waals surface area contributed by atoms with Crippen molar-refractivity contribution in [2.75, 3.05) is 24.3 Å². The second-order valence-electron chi connectivity index (χ2n) is 5.08. The van der Waals surface area contributed by atoms with Crippen molar-refractivity contribution in [1.29, 1.82) is 0 Å². The van der Waals surface area contributed by atoms with Gasteiger partial charge in [0.1, 0.15) is 12.7 Å². The van der Waals surface area contributed by atoms with Gasteiger partial charge in [0.05, 0.1) is 11.9 Å². The molecule has 7 nitrogen and oxygen atoms in total. The van der Waals surface area contributed by atoms with Crippen molar-refractivity contribution in [3.63, 3.8) is 0 Å². The minimum absolute atomic E-state index is 0.243. The second kappa shape index (κ2) is 6.39. The van der Waals surface area contributed by atoms with Crippen LogP contribution in [-0.2, 0) is 6.54 Å². The molecule has 1 aromatic carbocycles. The Morgan fingerprint density at radius 3 is 2.83 bits per heavy atom. The van der Waals surface area contributed by atoms with Crippen LogP contribution in [0.3, 0.4) is 0 Å². The summed E-state index contributed by atoms with van der Waals surface area (Å²) in [6.07, 6.45) is 4.28. The van der Waals surface area contributed by atoms with Crippen LogP contribution < -0.4 is 10.2 Å². The van der Waals surface area contributed by atoms with Gasteiger partial charge in [0, 0.05) is 20.6 Å². The zero-order chi connectivity index (χ0) is 16.2. The quantitative estimate of drug-likeness (QED) is 0.775. The number of nitrogens with one attached hydrogen (secondary N) is 1. The van der Waals surface area contributed by atoms with Crippen molar-refractivity contribution >= 4 is 11.8 Å². The van der Waals surface area contributed by atoms with E-state index in [9.17, 15) is 4.39 Å². The van der Waals surface area contributed by atoms with E-state index in [2.05, 4.69) is 25.4 Å². The van der Waals surface area contributed by atoms with Crippen LogP contribution in [0.4, 0.5) is 16.2 Å². The molecule has 0 saturated carbocycles. The molecule has 3 rings (SSSR count). The van der Waals surface area contributed by atoms with Gasteiger partial charge >= 0.3 is 0 Å². The average molecular weight is 313 g/mol. The Morgan fingerprint density at radius 2 is 2.09 bits per heavy atom. The fourth-order valence-electron chi connectivity index (χ4n) is 2.15. The summed E-state index contributed by atoms with van der Waals surface area (Å²) in [5.74, 6) is 0.152. The first-order valence-electron chi connectivity index (χ1n) is 7.02. The summed E-state index contributed by atoms with van der Waals surface area (Å²) >= 11 is 0. The minimum Gasteiger partial charge on any atom is -0.360 e. The van der Waals surface area contributed by atoms with Gasteiger partial charge in [-0.05, 0) is 11.6 Å². The highest BCUT2D eigenvalue weighted by Gasteiger charge is 2.10. The highest BCUT2D eigenvalue weighted by molar-refractivity contribution is 5.45. The molecule has 1 N–H and O–H groups in total. The molecule has 0 aliphatic heterocycles. The first-order valence-corrected chi connectivity index (χ1v) is 7.02. The van der Waals surface area contributed by atoms with Crippen molar-refractivity contribution in [2.24, 2.45) is 0 Å². The number of hydrogen-bond donors (Lipinski definition) is 1. The summed E-state index contributed by atoms with van der Waals surface area (Å²) < 4.78 is 15.3. The maximum absolute atomic E-state index is 13.6. The SMILES string of the molecule is CN(C)c1nc(NCc2ccccc2-n2cncn2)ncc1F. The van der Waals surface area contributed by atoms with Crippen LogP contribution in [0.1, 0.15) is 5.56 Å². The van der Waals surface area contributed by atoms with Crippen molar-refractivity contribution < 1.29 is 4.39 Å². The van der Waals surface area contributed by atoms with Gasteiger partial charge in [-0.15, -0.1) is 0 Å². The Hall–Kier alpha value is -3.03. The molecule has 0 aliphatic rings. The third-order valence-electron chi connectivity index (χ3n) is 3.24. The molecule has 0 spiro atoms. The lowest BCUT2D eigenvalue weighted by Gasteiger charge is -2.14. The van der Waals surface area contributed by atoms with E-state index in [1.807, 2.05) is 24.3 Å². The summed E-state index contributed by atoms with van der Waals surface area (Å²) in [5.41, 5.74) is 1.91. The molecular weight excluding hydrogens is 297 g/mol. The molecule has 0 atom stereocenters. The van der Waals surface area contributed by atoms with Gasteiger partial charge in [-0.25, -0.2) is 19.0 Å². The van der Waals surface area contributed by atoms with Crippen molar-refractivity contribution in [3.05, 3.63) is 54.5 Å². The van der Waals surface area contributed by atoms with Crippen LogP contribution in [0.15, 0.2) is 43.1 Å². The largest absolute Gasteiger partial charge is 0.360 e. The third-order valence-corrected chi connectivity index (χ3v) is 3.24. The molecule has 0 saturated heterocycles. The van der Waals surface area contributed by atoms with Crippen LogP contribution in [0.25, 0.3) is 5.69 Å². The van der Waals surface area contributed by atoms with Crippen molar-refractivity contribution in [3.8, 4) is 5.69 Å². The summed E-state index contributed by atoms with van der Waals surface area (Å²) in [4.78, 5) is 13.7. The Kier molecular flexibility index (Phi) is 4.13. The van der Waals surface area contributed by atoms with Gasteiger partial charge in [0.15, 0.2) is 11.6 Å². The molecule has 23 heavy (non-hydrogen) atoms. The molecule has 2 heterocycles. The molecule has 2 aromatic heterocycles. The number of nitrogens with zero attached hydrogens (tertiary/aromatic N) is 6. The Morgan fingerprint density at radius 1 is 1.26 bits per heavy atom. The second-order valence-corrected chi connectivity index (χ2v) is 5.08. The van der Waals surface area contributed by atoms with Crippen molar-refractivity contribution in [2.45, 2.75) is 6.54 Å². The molecule has 0 unspecified atom stereocenters. The predicted molar refractivity (Wildman–Crippen MR) is 85.0 cm³/mol. The smallest absolute Gasteiger partial charge is 0.225 e. The number of para-hydroxylation sites is 1. The van der Waals surface area contributed by atoms with E-state index in [0.717, 1.165) is 17.4 Å². The average Bonchev–Trinajstić information content (AvgIpc) is 3.08. The fourth-order valence-corrected chi connectivity index (χ4v) is 2.15. The van der Waals surface area contributed by atoms with E-state index in [1.54, 1.807) is 30.0 Å². The van der Waals surface area contributed by atoms with E-state index in [1.165, 1.54) is 6.33 Å². The lowest BCUT2D eigenvalue weighted by Crippen LogP contribution is -2.15. The van der Waals surface area contributed by atoms with E-state index < -0.39 is 5.82 Å². The lowest BCUT2D eigenvalue weighted by atomic mass is 10.2. The van der Waals surface area contributed by atoms with E-state index in [0.29, 0.717) is 12.5 Å². The Balaban J connectivity index is 1.81. The third kappa shape index (κ3) is 3.25. The Labute approximate surface area is 132 Å². The minimum atomic E-state index is -0.455. The van der Waals surface area contributed by atoms with Crippen LogP contribution >= 0.6 is 0 Å². The summed E-state index contributed by atoms with van der Waals surface area (Å²) in [5, 5.41) is 7.25. The van der Waals surface area contributed by atoms with Gasteiger partial charge < -0.3 is 10.2 Å². The normalized spacial score (nSPS) is 10.6. The number of rotatable bonds is 5. The molecule has 3 aromatic rings. The maximum atomic E-state index is 13.6. The van der Waals surface area contributed by atoms with Gasteiger partial charge in [-0.2, -0.15) is 10.1 Å². The van der Waals surface area contributed by atoms with Gasteiger partial charge in [-0.3, -0.25) is 0 Å². The molecule has 0 fully saturated rings. The first kappa shape index (κ1) is 14.9. The van der Waals surface area contributed by atoms with Crippen molar-refractivity contribution in [1.82, 2.24) is 24.7 Å². The number of aromatic nitrogens is 5. The first-order chi connectivity index (χ1) is 11.1. The summed E-state index contributed by atoms with van der Waals surface area (Å²) in [7, 11) is 3.46. The fraction of sp³-hybridized carbons (Fsp3) is 0.200. The standard InChI is InChI=1S/C15H16FN7/c1-22(2)14-12(16)8-19-15(21-14)18-7-11-5-3-4-6-13(11)23-10-17-9-20-23/h3-6,8-10H,7H2,1-2H3,(H,18,19,21). The van der Waals surface area contributed by atoms with E-state index >= 15 is 0 Å². The summed E-state index contributed by atoms with van der Waals surface area (Å²) in [6.45, 7) is 0.481.